The summed E-state index contributed by atoms with van der Waals surface area (Å²) < 4.78 is 91.1. The van der Waals surface area contributed by atoms with Crippen molar-refractivity contribution in [3.8, 4) is 34.1 Å². The van der Waals surface area contributed by atoms with Gasteiger partial charge >= 0.3 is 35.1 Å². The molecule has 0 radical (unpaired) electrons. The lowest BCUT2D eigenvalue weighted by Gasteiger charge is -2.17. The molecule has 0 saturated heterocycles. The first-order chi connectivity index (χ1) is 23.0. The van der Waals surface area contributed by atoms with E-state index in [0.29, 0.717) is 11.1 Å². The van der Waals surface area contributed by atoms with Crippen molar-refractivity contribution in [3.63, 3.8) is 0 Å². The van der Waals surface area contributed by atoms with Crippen LogP contribution in [0.4, 0.5) is 49.1 Å². The molecule has 0 fully saturated rings. The van der Waals surface area contributed by atoms with Crippen molar-refractivity contribution in [1.29, 1.82) is 0 Å². The zero-order chi connectivity index (χ0) is 37.6. The lowest BCUT2D eigenvalue weighted by Crippen LogP contribution is -2.08. The van der Waals surface area contributed by atoms with Gasteiger partial charge in [-0.2, -0.15) is 26.3 Å². The van der Waals surface area contributed by atoms with Crippen molar-refractivity contribution in [3.05, 3.63) is 122 Å². The smallest absolute Gasteiger partial charge is 0.416 e. The molecule has 0 atom stereocenters. The van der Waals surface area contributed by atoms with Crippen molar-refractivity contribution < 1.29 is 55.5 Å². The van der Waals surface area contributed by atoms with Gasteiger partial charge in [-0.3, -0.25) is 40.5 Å². The monoisotopic (exact) mass is 710 g/mol. The number of alkyl halides is 6. The fourth-order valence-corrected chi connectivity index (χ4v) is 5.04. The number of rotatable bonds is 9. The first kappa shape index (κ1) is 36.5. The lowest BCUT2D eigenvalue weighted by molar-refractivity contribution is -0.396. The zero-order valence-corrected chi connectivity index (χ0v) is 25.8. The normalized spacial score (nSPS) is 11.6. The van der Waals surface area contributed by atoms with E-state index < -0.39 is 77.4 Å². The number of benzene rings is 4. The average Bonchev–Trinajstić information content (AvgIpc) is 2.98. The summed E-state index contributed by atoms with van der Waals surface area (Å²) in [4.78, 5) is 41.6. The van der Waals surface area contributed by atoms with Crippen LogP contribution in [0.5, 0.6) is 23.0 Å². The van der Waals surface area contributed by atoms with Crippen LogP contribution in [0.25, 0.3) is 11.1 Å². The van der Waals surface area contributed by atoms with Gasteiger partial charge < -0.3 is 9.47 Å². The first-order valence-electron chi connectivity index (χ1n) is 13.7. The lowest BCUT2D eigenvalue weighted by atomic mass is 9.96. The second kappa shape index (κ2) is 12.9. The quantitative estimate of drug-likeness (QED) is 0.0917. The number of ether oxygens (including phenoxy) is 2. The summed E-state index contributed by atoms with van der Waals surface area (Å²) in [5, 5.41) is 46.6. The average molecular weight is 710 g/mol. The fourth-order valence-electron chi connectivity index (χ4n) is 5.04. The Kier molecular flexibility index (Phi) is 9.44. The van der Waals surface area contributed by atoms with Crippen LogP contribution >= 0.6 is 0 Å². The molecule has 0 amide bonds. The van der Waals surface area contributed by atoms with Crippen molar-refractivity contribution in [2.75, 3.05) is 0 Å². The van der Waals surface area contributed by atoms with Gasteiger partial charge in [-0.25, -0.2) is 0 Å². The molecule has 0 unspecified atom stereocenters. The number of nitro groups is 4. The van der Waals surface area contributed by atoms with Gasteiger partial charge in [0.2, 0.25) is 0 Å². The molecule has 50 heavy (non-hydrogen) atoms. The molecule has 0 heterocycles. The predicted octanol–water partition coefficient (Wildman–Crippen LogP) is 9.84. The van der Waals surface area contributed by atoms with Gasteiger partial charge in [-0.05, 0) is 85.3 Å². The maximum Gasteiger partial charge on any atom is 0.416 e. The molecule has 0 spiro atoms. The van der Waals surface area contributed by atoms with Crippen LogP contribution < -0.4 is 9.47 Å². The zero-order valence-electron chi connectivity index (χ0n) is 25.8. The van der Waals surface area contributed by atoms with Gasteiger partial charge in [0.1, 0.15) is 11.5 Å². The van der Waals surface area contributed by atoms with E-state index in [1.54, 1.807) is 0 Å². The molecule has 0 saturated carbocycles. The van der Waals surface area contributed by atoms with Crippen LogP contribution in [0.3, 0.4) is 0 Å². The Hall–Kier alpha value is -6.34. The highest BCUT2D eigenvalue weighted by Gasteiger charge is 2.40. The van der Waals surface area contributed by atoms with Crippen molar-refractivity contribution >= 4 is 22.7 Å². The molecule has 14 nitrogen and oxygen atoms in total. The molecule has 0 aliphatic heterocycles. The number of hydrogen-bond acceptors (Lipinski definition) is 10. The Labute approximate surface area is 275 Å². The molecule has 0 aliphatic rings. The summed E-state index contributed by atoms with van der Waals surface area (Å²) in [6.45, 7) is 5.81. The molecule has 0 aliphatic carbocycles. The van der Waals surface area contributed by atoms with Crippen molar-refractivity contribution in [2.24, 2.45) is 0 Å². The molecule has 262 valence electrons. The molecule has 4 aromatic carbocycles. The van der Waals surface area contributed by atoms with E-state index in [4.69, 9.17) is 9.47 Å². The summed E-state index contributed by atoms with van der Waals surface area (Å²) in [7, 11) is 0. The second-order valence-electron chi connectivity index (χ2n) is 10.8. The molecule has 0 aromatic heterocycles. The van der Waals surface area contributed by atoms with Crippen LogP contribution in [0.1, 0.15) is 33.4 Å². The number of nitro benzene ring substituents is 4. The highest BCUT2D eigenvalue weighted by Crippen LogP contribution is 2.48. The number of halogens is 6. The largest absolute Gasteiger partial charge is 0.444 e. The minimum Gasteiger partial charge on any atom is -0.444 e. The summed E-state index contributed by atoms with van der Waals surface area (Å²) in [5.41, 5.74) is -6.67. The Morgan fingerprint density at radius 1 is 0.440 bits per heavy atom. The maximum absolute atomic E-state index is 13.3. The molecule has 0 bridgehead atoms. The maximum atomic E-state index is 13.3. The van der Waals surface area contributed by atoms with Crippen LogP contribution in [-0.4, -0.2) is 19.7 Å². The topological polar surface area (TPSA) is 191 Å². The van der Waals surface area contributed by atoms with E-state index in [-0.39, 0.29) is 58.0 Å². The predicted molar refractivity (Wildman–Crippen MR) is 160 cm³/mol. The molecule has 4 rings (SSSR count). The molecule has 0 N–H and O–H groups in total. The molecular weight excluding hydrogens is 690 g/mol. The van der Waals surface area contributed by atoms with Gasteiger partial charge in [0.15, 0.2) is 0 Å². The summed E-state index contributed by atoms with van der Waals surface area (Å²) in [6, 6.07) is 6.37. The van der Waals surface area contributed by atoms with Gasteiger partial charge in [0, 0.05) is 24.3 Å². The minimum absolute atomic E-state index is 0.116. The summed E-state index contributed by atoms with van der Waals surface area (Å²) in [6.07, 6.45) is -10.3. The van der Waals surface area contributed by atoms with E-state index >= 15 is 0 Å². The Balaban J connectivity index is 1.79. The van der Waals surface area contributed by atoms with E-state index in [1.807, 2.05) is 0 Å². The fraction of sp³-hybridized carbons (Fsp3) is 0.200. The summed E-state index contributed by atoms with van der Waals surface area (Å²) >= 11 is 0. The molecule has 4 aromatic rings. The van der Waals surface area contributed by atoms with E-state index in [2.05, 4.69) is 0 Å². The molecular formula is C30H20F6N4O10. The van der Waals surface area contributed by atoms with Crippen LogP contribution in [0, 0.1) is 68.2 Å². The van der Waals surface area contributed by atoms with Crippen LogP contribution in [-0.2, 0) is 12.4 Å². The third-order valence-electron chi connectivity index (χ3n) is 7.20. The van der Waals surface area contributed by atoms with Gasteiger partial charge in [-0.15, -0.1) is 0 Å². The van der Waals surface area contributed by atoms with Crippen LogP contribution in [0.15, 0.2) is 48.5 Å². The Bertz CT molecular complexity index is 1850. The highest BCUT2D eigenvalue weighted by molar-refractivity contribution is 5.72. The number of hydrogen-bond donors (Lipinski definition) is 0. The van der Waals surface area contributed by atoms with E-state index in [0.717, 1.165) is 0 Å². The van der Waals surface area contributed by atoms with Crippen molar-refractivity contribution in [2.45, 2.75) is 40.0 Å². The van der Waals surface area contributed by atoms with Crippen molar-refractivity contribution in [1.82, 2.24) is 0 Å². The molecule has 20 heteroatoms. The second-order valence-corrected chi connectivity index (χ2v) is 10.8. The third kappa shape index (κ3) is 7.22. The van der Waals surface area contributed by atoms with Gasteiger partial charge in [0.05, 0.1) is 30.8 Å². The highest BCUT2D eigenvalue weighted by atomic mass is 19.4. The SMILES string of the molecule is Cc1cc(-c2cc(C)c(Oc3c([N+](=O)[O-])cc(C(F)(F)F)cc3[N+](=O)[O-])c(C)c2)cc(C)c1Oc1c([N+](=O)[O-])cc(C(F)(F)F)cc1[N+](=O)[O-]. The Morgan fingerprint density at radius 2 is 0.660 bits per heavy atom. The van der Waals surface area contributed by atoms with E-state index in [9.17, 15) is 66.8 Å². The first-order valence-corrected chi connectivity index (χ1v) is 13.7. The number of nitrogens with zero attached hydrogens (tertiary/aromatic N) is 4. The van der Waals surface area contributed by atoms with Gasteiger partial charge in [-0.1, -0.05) is 0 Å². The third-order valence-corrected chi connectivity index (χ3v) is 7.20. The number of aryl methyl sites for hydroxylation is 4. The minimum atomic E-state index is -5.14. The van der Waals surface area contributed by atoms with Crippen LogP contribution in [0.2, 0.25) is 0 Å². The Morgan fingerprint density at radius 3 is 0.840 bits per heavy atom. The summed E-state index contributed by atoms with van der Waals surface area (Å²) in [5.74, 6) is -2.36. The van der Waals surface area contributed by atoms with E-state index in [1.165, 1.54) is 52.0 Å². The standard InChI is InChI=1S/C30H20F6N4O10/c1-13-5-17(6-14(2)25(13)49-27-21(37(41)42)9-19(29(31,32)33)10-22(27)38(43)44)18-7-15(3)26(16(4)8-18)50-28-23(39(45)46)11-20(30(34,35)36)12-24(28)40(47)48/h5-12H,1-4H3. The van der Waals surface area contributed by atoms with Gasteiger partial charge in [0.25, 0.3) is 11.5 Å².